The molecule has 0 saturated carbocycles. The van der Waals surface area contributed by atoms with Crippen molar-refractivity contribution in [3.63, 3.8) is 0 Å². The van der Waals surface area contributed by atoms with Crippen LogP contribution in [0.2, 0.25) is 0 Å². The van der Waals surface area contributed by atoms with Gasteiger partial charge in [-0.1, -0.05) is 60.7 Å². The Bertz CT molecular complexity index is 1230. The van der Waals surface area contributed by atoms with Gasteiger partial charge in [0.05, 0.1) is 21.2 Å². The second-order valence-corrected chi connectivity index (χ2v) is 9.26. The minimum atomic E-state index is -3.79. The molecule has 5 heteroatoms. The first kappa shape index (κ1) is 20.7. The highest BCUT2D eigenvalue weighted by Crippen LogP contribution is 2.35. The third kappa shape index (κ3) is 4.32. The predicted molar refractivity (Wildman–Crippen MR) is 127 cm³/mol. The summed E-state index contributed by atoms with van der Waals surface area (Å²) in [5.41, 5.74) is 4.91. The van der Waals surface area contributed by atoms with Crippen LogP contribution in [-0.4, -0.2) is 8.42 Å². The number of nitrogens with one attached hydrogen (secondary N) is 2. The molecule has 0 spiro atoms. The fourth-order valence-electron chi connectivity index (χ4n) is 3.44. The topological polar surface area (TPSA) is 58.2 Å². The van der Waals surface area contributed by atoms with Gasteiger partial charge in [-0.05, 0) is 61.4 Å². The van der Waals surface area contributed by atoms with Crippen molar-refractivity contribution in [1.82, 2.24) is 0 Å². The molecule has 156 valence electrons. The molecular formula is C26H24N2O2S. The highest BCUT2D eigenvalue weighted by Gasteiger charge is 2.24. The van der Waals surface area contributed by atoms with Crippen molar-refractivity contribution in [2.45, 2.75) is 23.6 Å². The maximum atomic E-state index is 13.7. The minimum absolute atomic E-state index is 0.234. The zero-order valence-electron chi connectivity index (χ0n) is 17.5. The molecule has 0 heterocycles. The summed E-state index contributed by atoms with van der Waals surface area (Å²) in [5, 5.41) is 6.59. The summed E-state index contributed by atoms with van der Waals surface area (Å²) < 4.78 is 27.5. The van der Waals surface area contributed by atoms with Crippen molar-refractivity contribution in [2.75, 3.05) is 10.6 Å². The van der Waals surface area contributed by atoms with Gasteiger partial charge in [0.1, 0.15) is 0 Å². The Balaban J connectivity index is 1.77. The molecule has 0 aliphatic carbocycles. The first-order chi connectivity index (χ1) is 15.0. The van der Waals surface area contributed by atoms with Crippen LogP contribution in [-0.2, 0) is 9.84 Å². The van der Waals surface area contributed by atoms with E-state index in [9.17, 15) is 8.42 Å². The molecule has 0 bridgehead atoms. The number of anilines is 4. The Labute approximate surface area is 183 Å². The lowest BCUT2D eigenvalue weighted by Crippen LogP contribution is -2.08. The summed E-state index contributed by atoms with van der Waals surface area (Å²) in [5.74, 6) is 0. The Morgan fingerprint density at radius 1 is 0.484 bits per heavy atom. The third-order valence-electron chi connectivity index (χ3n) is 5.18. The van der Waals surface area contributed by atoms with Crippen molar-refractivity contribution in [2.24, 2.45) is 0 Å². The van der Waals surface area contributed by atoms with Gasteiger partial charge in [-0.15, -0.1) is 0 Å². The van der Waals surface area contributed by atoms with E-state index in [0.717, 1.165) is 22.5 Å². The van der Waals surface area contributed by atoms with Crippen LogP contribution in [0.4, 0.5) is 22.7 Å². The zero-order valence-corrected chi connectivity index (χ0v) is 18.3. The molecule has 0 aliphatic heterocycles. The van der Waals surface area contributed by atoms with Gasteiger partial charge in [0, 0.05) is 11.4 Å². The smallest absolute Gasteiger partial charge is 0.210 e. The average molecular weight is 429 g/mol. The van der Waals surface area contributed by atoms with Gasteiger partial charge in [0.15, 0.2) is 0 Å². The largest absolute Gasteiger partial charge is 0.354 e. The second kappa shape index (κ2) is 8.66. The van der Waals surface area contributed by atoms with Crippen LogP contribution in [0.5, 0.6) is 0 Å². The Morgan fingerprint density at radius 2 is 0.806 bits per heavy atom. The predicted octanol–water partition coefficient (Wildman–Crippen LogP) is 6.62. The molecule has 0 atom stereocenters. The fraction of sp³-hybridized carbons (Fsp3) is 0.0769. The van der Waals surface area contributed by atoms with Crippen LogP contribution < -0.4 is 10.6 Å². The minimum Gasteiger partial charge on any atom is -0.354 e. The number of hydrogen-bond donors (Lipinski definition) is 2. The number of hydrogen-bond acceptors (Lipinski definition) is 4. The molecule has 0 unspecified atom stereocenters. The van der Waals surface area contributed by atoms with E-state index in [-0.39, 0.29) is 9.79 Å². The van der Waals surface area contributed by atoms with E-state index in [1.807, 2.05) is 74.5 Å². The van der Waals surface area contributed by atoms with Crippen LogP contribution in [0, 0.1) is 13.8 Å². The average Bonchev–Trinajstić information content (AvgIpc) is 2.77. The van der Waals surface area contributed by atoms with E-state index in [4.69, 9.17) is 0 Å². The first-order valence-corrected chi connectivity index (χ1v) is 11.5. The van der Waals surface area contributed by atoms with Gasteiger partial charge >= 0.3 is 0 Å². The van der Waals surface area contributed by atoms with Gasteiger partial charge in [-0.3, -0.25) is 0 Å². The molecule has 0 aromatic heterocycles. The van der Waals surface area contributed by atoms with E-state index >= 15 is 0 Å². The summed E-state index contributed by atoms with van der Waals surface area (Å²) in [6.07, 6.45) is 0. The molecule has 4 aromatic rings. The molecule has 4 aromatic carbocycles. The van der Waals surface area contributed by atoms with E-state index in [0.29, 0.717) is 11.4 Å². The van der Waals surface area contributed by atoms with Gasteiger partial charge in [0.2, 0.25) is 9.84 Å². The van der Waals surface area contributed by atoms with Crippen LogP contribution in [0.3, 0.4) is 0 Å². The number of rotatable bonds is 6. The monoisotopic (exact) mass is 428 g/mol. The summed E-state index contributed by atoms with van der Waals surface area (Å²) in [4.78, 5) is 0.467. The summed E-state index contributed by atoms with van der Waals surface area (Å²) >= 11 is 0. The number of aryl methyl sites for hydroxylation is 2. The van der Waals surface area contributed by atoms with Crippen molar-refractivity contribution in [3.8, 4) is 0 Å². The number of sulfone groups is 1. The number of para-hydroxylation sites is 4. The highest BCUT2D eigenvalue weighted by molar-refractivity contribution is 7.91. The quantitative estimate of drug-likeness (QED) is 0.362. The third-order valence-corrected chi connectivity index (χ3v) is 7.05. The molecule has 0 amide bonds. The van der Waals surface area contributed by atoms with Crippen molar-refractivity contribution < 1.29 is 8.42 Å². The molecule has 4 rings (SSSR count). The van der Waals surface area contributed by atoms with Gasteiger partial charge in [0.25, 0.3) is 0 Å². The summed E-state index contributed by atoms with van der Waals surface area (Å²) in [6, 6.07) is 29.6. The van der Waals surface area contributed by atoms with E-state index in [1.54, 1.807) is 36.4 Å². The SMILES string of the molecule is Cc1ccccc1Nc1ccccc1S(=O)(=O)c1ccccc1Nc1ccccc1C. The molecule has 4 nitrogen and oxygen atoms in total. The van der Waals surface area contributed by atoms with Crippen molar-refractivity contribution in [3.05, 3.63) is 108 Å². The van der Waals surface area contributed by atoms with E-state index in [1.165, 1.54) is 0 Å². The Hall–Kier alpha value is -3.57. The van der Waals surface area contributed by atoms with E-state index < -0.39 is 9.84 Å². The van der Waals surface area contributed by atoms with Crippen LogP contribution >= 0.6 is 0 Å². The van der Waals surface area contributed by atoms with Crippen LogP contribution in [0.25, 0.3) is 0 Å². The molecule has 0 radical (unpaired) electrons. The molecule has 2 N–H and O–H groups in total. The van der Waals surface area contributed by atoms with Gasteiger partial charge < -0.3 is 10.6 Å². The fourth-order valence-corrected chi connectivity index (χ4v) is 5.01. The summed E-state index contributed by atoms with van der Waals surface area (Å²) in [6.45, 7) is 3.97. The van der Waals surface area contributed by atoms with Gasteiger partial charge in [-0.2, -0.15) is 0 Å². The molecule has 0 aliphatic rings. The Morgan fingerprint density at radius 3 is 1.19 bits per heavy atom. The lowest BCUT2D eigenvalue weighted by atomic mass is 10.2. The maximum Gasteiger partial charge on any atom is 0.210 e. The molecule has 0 fully saturated rings. The number of benzene rings is 4. The molecule has 31 heavy (non-hydrogen) atoms. The normalized spacial score (nSPS) is 11.2. The van der Waals surface area contributed by atoms with Crippen molar-refractivity contribution >= 4 is 32.6 Å². The van der Waals surface area contributed by atoms with Crippen LogP contribution in [0.1, 0.15) is 11.1 Å². The van der Waals surface area contributed by atoms with Crippen LogP contribution in [0.15, 0.2) is 107 Å². The maximum absolute atomic E-state index is 13.7. The zero-order chi connectivity index (χ0) is 21.8. The highest BCUT2D eigenvalue weighted by atomic mass is 32.2. The Kier molecular flexibility index (Phi) is 5.78. The molecular weight excluding hydrogens is 404 g/mol. The van der Waals surface area contributed by atoms with E-state index in [2.05, 4.69) is 10.6 Å². The van der Waals surface area contributed by atoms with Gasteiger partial charge in [-0.25, -0.2) is 8.42 Å². The second-order valence-electron chi connectivity index (χ2n) is 7.38. The lowest BCUT2D eigenvalue weighted by Gasteiger charge is -2.17. The summed E-state index contributed by atoms with van der Waals surface area (Å²) in [7, 11) is -3.79. The van der Waals surface area contributed by atoms with Crippen molar-refractivity contribution in [1.29, 1.82) is 0 Å². The standard InChI is InChI=1S/C26H24N2O2S/c1-19-11-3-5-13-21(19)27-23-15-7-9-17-25(23)31(29,30)26-18-10-8-16-24(26)28-22-14-6-4-12-20(22)2/h3-18,27-28H,1-2H3. The molecule has 0 saturated heterocycles. The lowest BCUT2D eigenvalue weighted by molar-refractivity contribution is 0.597. The first-order valence-electron chi connectivity index (χ1n) is 10.1.